The molecule has 6 nitrogen and oxygen atoms in total. The Morgan fingerprint density at radius 2 is 1.81 bits per heavy atom. The molecular formula is C20H25N3O3. The Labute approximate surface area is 153 Å². The summed E-state index contributed by atoms with van der Waals surface area (Å²) in [5.41, 5.74) is 1.23. The van der Waals surface area contributed by atoms with Gasteiger partial charge in [0, 0.05) is 24.2 Å². The molecule has 0 bridgehead atoms. The number of benzene rings is 1. The summed E-state index contributed by atoms with van der Waals surface area (Å²) in [6, 6.07) is 5.17. The normalized spacial score (nSPS) is 23.4. The summed E-state index contributed by atoms with van der Waals surface area (Å²) in [5, 5.41) is 6.26. The molecule has 2 fully saturated rings. The molecule has 138 valence electrons. The first kappa shape index (κ1) is 17.2. The van der Waals surface area contributed by atoms with E-state index in [4.69, 9.17) is 0 Å². The Bertz CT molecular complexity index is 734. The van der Waals surface area contributed by atoms with Crippen LogP contribution >= 0.6 is 0 Å². The van der Waals surface area contributed by atoms with Crippen LogP contribution in [0.3, 0.4) is 0 Å². The average Bonchev–Trinajstić information content (AvgIpc) is 3.27. The number of imide groups is 1. The van der Waals surface area contributed by atoms with Gasteiger partial charge in [0.1, 0.15) is 0 Å². The third-order valence-corrected chi connectivity index (χ3v) is 5.79. The molecule has 0 aromatic heterocycles. The molecule has 1 saturated heterocycles. The maximum absolute atomic E-state index is 12.8. The van der Waals surface area contributed by atoms with Gasteiger partial charge in [0.25, 0.3) is 17.7 Å². The van der Waals surface area contributed by atoms with Gasteiger partial charge in [0.15, 0.2) is 0 Å². The molecule has 1 aromatic carbocycles. The zero-order valence-corrected chi connectivity index (χ0v) is 14.9. The highest BCUT2D eigenvalue weighted by Gasteiger charge is 2.40. The predicted octanol–water partition coefficient (Wildman–Crippen LogP) is 2.10. The van der Waals surface area contributed by atoms with Crippen molar-refractivity contribution in [1.29, 1.82) is 0 Å². The number of fused-ring (bicyclic) bond motifs is 1. The zero-order chi connectivity index (χ0) is 18.1. The van der Waals surface area contributed by atoms with Crippen LogP contribution in [0.4, 0.5) is 0 Å². The van der Waals surface area contributed by atoms with Crippen molar-refractivity contribution in [1.82, 2.24) is 15.5 Å². The van der Waals surface area contributed by atoms with E-state index in [-0.39, 0.29) is 23.8 Å². The fourth-order valence-corrected chi connectivity index (χ4v) is 4.32. The Balaban J connectivity index is 1.49. The van der Waals surface area contributed by atoms with E-state index in [0.717, 1.165) is 45.1 Å². The quantitative estimate of drug-likeness (QED) is 0.811. The molecule has 2 N–H and O–H groups in total. The van der Waals surface area contributed by atoms with Crippen molar-refractivity contribution in [2.75, 3.05) is 13.1 Å². The van der Waals surface area contributed by atoms with Crippen LogP contribution in [0.1, 0.15) is 76.0 Å². The van der Waals surface area contributed by atoms with E-state index in [1.165, 1.54) is 11.3 Å². The lowest BCUT2D eigenvalue weighted by Crippen LogP contribution is -2.40. The highest BCUT2D eigenvalue weighted by Crippen LogP contribution is 2.31. The molecule has 1 aliphatic carbocycles. The van der Waals surface area contributed by atoms with Crippen LogP contribution in [0, 0.1) is 0 Å². The maximum Gasteiger partial charge on any atom is 0.261 e. The van der Waals surface area contributed by atoms with E-state index in [9.17, 15) is 14.4 Å². The molecule has 4 rings (SSSR count). The predicted molar refractivity (Wildman–Crippen MR) is 97.2 cm³/mol. The second-order valence-electron chi connectivity index (χ2n) is 7.54. The van der Waals surface area contributed by atoms with E-state index < -0.39 is 0 Å². The SMILES string of the molecule is O=C(NCC1CCCN1)c1ccc2c(c1)C(=O)N(C1CCCCC1)C2=O. The lowest BCUT2D eigenvalue weighted by molar-refractivity contribution is 0.0549. The van der Waals surface area contributed by atoms with Crippen molar-refractivity contribution in [2.45, 2.75) is 57.0 Å². The second kappa shape index (κ2) is 7.19. The Hall–Kier alpha value is -2.21. The highest BCUT2D eigenvalue weighted by atomic mass is 16.2. The molecule has 0 spiro atoms. The molecular weight excluding hydrogens is 330 g/mol. The number of hydrogen-bond acceptors (Lipinski definition) is 4. The fourth-order valence-electron chi connectivity index (χ4n) is 4.32. The summed E-state index contributed by atoms with van der Waals surface area (Å²) in [6.07, 6.45) is 7.24. The monoisotopic (exact) mass is 355 g/mol. The van der Waals surface area contributed by atoms with Crippen molar-refractivity contribution in [3.8, 4) is 0 Å². The van der Waals surface area contributed by atoms with Gasteiger partial charge in [-0.1, -0.05) is 19.3 Å². The lowest BCUT2D eigenvalue weighted by Gasteiger charge is -2.29. The molecule has 3 aliphatic rings. The van der Waals surface area contributed by atoms with Crippen LogP contribution in [-0.4, -0.2) is 47.8 Å². The van der Waals surface area contributed by atoms with Crippen molar-refractivity contribution >= 4 is 17.7 Å². The maximum atomic E-state index is 12.8. The number of hydrogen-bond donors (Lipinski definition) is 2. The molecule has 1 saturated carbocycles. The molecule has 1 unspecified atom stereocenters. The van der Waals surface area contributed by atoms with E-state index in [0.29, 0.717) is 29.3 Å². The van der Waals surface area contributed by atoms with Gasteiger partial charge in [-0.2, -0.15) is 0 Å². The molecule has 2 aliphatic heterocycles. The highest BCUT2D eigenvalue weighted by molar-refractivity contribution is 6.22. The number of carbonyl (C=O) groups is 3. The first-order valence-electron chi connectivity index (χ1n) is 9.68. The Morgan fingerprint density at radius 1 is 1.04 bits per heavy atom. The van der Waals surface area contributed by atoms with Gasteiger partial charge in [0.05, 0.1) is 11.1 Å². The minimum atomic E-state index is -0.246. The first-order chi connectivity index (χ1) is 12.6. The molecule has 0 radical (unpaired) electrons. The van der Waals surface area contributed by atoms with Crippen molar-refractivity contribution in [3.63, 3.8) is 0 Å². The number of nitrogens with one attached hydrogen (secondary N) is 2. The average molecular weight is 355 g/mol. The number of rotatable bonds is 4. The van der Waals surface area contributed by atoms with Gasteiger partial charge in [0.2, 0.25) is 0 Å². The molecule has 6 heteroatoms. The summed E-state index contributed by atoms with van der Waals surface area (Å²) in [4.78, 5) is 39.3. The topological polar surface area (TPSA) is 78.5 Å². The summed E-state index contributed by atoms with van der Waals surface area (Å²) in [6.45, 7) is 1.57. The summed E-state index contributed by atoms with van der Waals surface area (Å²) < 4.78 is 0. The minimum Gasteiger partial charge on any atom is -0.350 e. The van der Waals surface area contributed by atoms with Gasteiger partial charge in [-0.25, -0.2) is 0 Å². The minimum absolute atomic E-state index is 0.00173. The van der Waals surface area contributed by atoms with E-state index in [1.807, 2.05) is 0 Å². The van der Waals surface area contributed by atoms with Gasteiger partial charge in [-0.05, 0) is 50.4 Å². The van der Waals surface area contributed by atoms with Gasteiger partial charge >= 0.3 is 0 Å². The zero-order valence-electron chi connectivity index (χ0n) is 14.9. The molecule has 26 heavy (non-hydrogen) atoms. The van der Waals surface area contributed by atoms with Gasteiger partial charge in [-0.15, -0.1) is 0 Å². The van der Waals surface area contributed by atoms with Crippen LogP contribution in [0.25, 0.3) is 0 Å². The Kier molecular flexibility index (Phi) is 4.76. The first-order valence-corrected chi connectivity index (χ1v) is 9.68. The molecule has 1 atom stereocenters. The van der Waals surface area contributed by atoms with Crippen LogP contribution < -0.4 is 10.6 Å². The third-order valence-electron chi connectivity index (χ3n) is 5.79. The van der Waals surface area contributed by atoms with Gasteiger partial charge < -0.3 is 10.6 Å². The number of amides is 3. The number of nitrogens with zero attached hydrogens (tertiary/aromatic N) is 1. The largest absolute Gasteiger partial charge is 0.350 e. The van der Waals surface area contributed by atoms with Crippen molar-refractivity contribution in [3.05, 3.63) is 34.9 Å². The van der Waals surface area contributed by atoms with E-state index in [1.54, 1.807) is 18.2 Å². The lowest BCUT2D eigenvalue weighted by atomic mass is 9.94. The summed E-state index contributed by atoms with van der Waals surface area (Å²) in [5.74, 6) is -0.652. The van der Waals surface area contributed by atoms with Gasteiger partial charge in [-0.3, -0.25) is 19.3 Å². The van der Waals surface area contributed by atoms with Crippen LogP contribution in [0.15, 0.2) is 18.2 Å². The summed E-state index contributed by atoms with van der Waals surface area (Å²) >= 11 is 0. The number of carbonyl (C=O) groups excluding carboxylic acids is 3. The molecule has 2 heterocycles. The van der Waals surface area contributed by atoms with Crippen LogP contribution in [0.2, 0.25) is 0 Å². The fraction of sp³-hybridized carbons (Fsp3) is 0.550. The second-order valence-corrected chi connectivity index (χ2v) is 7.54. The third kappa shape index (κ3) is 3.14. The van der Waals surface area contributed by atoms with E-state index >= 15 is 0 Å². The Morgan fingerprint density at radius 3 is 2.54 bits per heavy atom. The molecule has 3 amide bonds. The van der Waals surface area contributed by atoms with E-state index in [2.05, 4.69) is 10.6 Å². The van der Waals surface area contributed by atoms with Crippen LogP contribution in [0.5, 0.6) is 0 Å². The standard InChI is InChI=1S/C20H25N3O3/c24-18(22-12-14-5-4-10-21-14)13-8-9-16-17(11-13)20(26)23(19(16)25)15-6-2-1-3-7-15/h8-9,11,14-15,21H,1-7,10,12H2,(H,22,24). The smallest absolute Gasteiger partial charge is 0.261 e. The summed E-state index contributed by atoms with van der Waals surface area (Å²) in [7, 11) is 0. The molecule has 1 aromatic rings. The van der Waals surface area contributed by atoms with Crippen LogP contribution in [-0.2, 0) is 0 Å². The van der Waals surface area contributed by atoms with Crippen molar-refractivity contribution in [2.24, 2.45) is 0 Å². The van der Waals surface area contributed by atoms with Crippen molar-refractivity contribution < 1.29 is 14.4 Å².